The fourth-order valence-electron chi connectivity index (χ4n) is 3.48. The van der Waals surface area contributed by atoms with Crippen molar-refractivity contribution in [3.05, 3.63) is 64.8 Å². The molecular weight excluding hydrogens is 352 g/mol. The van der Waals surface area contributed by atoms with Crippen LogP contribution in [0.25, 0.3) is 10.9 Å². The van der Waals surface area contributed by atoms with Gasteiger partial charge < -0.3 is 19.7 Å². The van der Waals surface area contributed by atoms with Crippen LogP contribution in [0.3, 0.4) is 0 Å². The zero-order valence-corrected chi connectivity index (χ0v) is 14.9. The summed E-state index contributed by atoms with van der Waals surface area (Å²) in [6, 6.07) is 14.7. The molecule has 0 aliphatic carbocycles. The minimum atomic E-state index is -0.247. The fourth-order valence-corrected chi connectivity index (χ4v) is 3.61. The number of aromatic nitrogens is 1. The van der Waals surface area contributed by atoms with Gasteiger partial charge in [-0.25, -0.2) is 0 Å². The minimum Gasteiger partial charge on any atom is -0.484 e. The van der Waals surface area contributed by atoms with E-state index in [0.29, 0.717) is 23.7 Å². The zero-order valence-electron chi connectivity index (χ0n) is 14.1. The van der Waals surface area contributed by atoms with E-state index in [1.807, 2.05) is 18.2 Å². The summed E-state index contributed by atoms with van der Waals surface area (Å²) < 4.78 is 5.57. The first-order valence-corrected chi connectivity index (χ1v) is 8.90. The smallest absolute Gasteiger partial charge is 0.261 e. The predicted molar refractivity (Wildman–Crippen MR) is 100 cm³/mol. The number of ether oxygens (including phenoxy) is 1. The van der Waals surface area contributed by atoms with Gasteiger partial charge in [0.1, 0.15) is 5.75 Å². The van der Waals surface area contributed by atoms with Crippen LogP contribution in [-0.4, -0.2) is 40.2 Å². The summed E-state index contributed by atoms with van der Waals surface area (Å²) in [6.07, 6.45) is 0.628. The molecule has 4 rings (SSSR count). The monoisotopic (exact) mass is 370 g/mol. The van der Waals surface area contributed by atoms with Gasteiger partial charge in [0.15, 0.2) is 6.61 Å². The molecule has 0 fully saturated rings. The molecular formula is C20H19ClN2O3. The van der Waals surface area contributed by atoms with Gasteiger partial charge in [-0.3, -0.25) is 4.79 Å². The fraction of sp³-hybridized carbons (Fsp3) is 0.250. The highest BCUT2D eigenvalue weighted by atomic mass is 35.5. The van der Waals surface area contributed by atoms with Crippen molar-refractivity contribution in [1.82, 2.24) is 9.88 Å². The molecule has 1 atom stereocenters. The molecule has 1 aliphatic heterocycles. The van der Waals surface area contributed by atoms with E-state index in [1.165, 1.54) is 5.56 Å². The van der Waals surface area contributed by atoms with Crippen LogP contribution in [0, 0.1) is 0 Å². The molecule has 3 aromatic rings. The molecule has 5 nitrogen and oxygen atoms in total. The van der Waals surface area contributed by atoms with Crippen LogP contribution in [0.5, 0.6) is 5.75 Å². The molecule has 26 heavy (non-hydrogen) atoms. The molecule has 1 aromatic heterocycles. The average Bonchev–Trinajstić information content (AvgIpc) is 3.03. The van der Waals surface area contributed by atoms with E-state index in [9.17, 15) is 9.90 Å². The third-order valence-corrected chi connectivity index (χ3v) is 5.07. The molecule has 1 unspecified atom stereocenters. The summed E-state index contributed by atoms with van der Waals surface area (Å²) in [6.45, 7) is 0.289. The summed E-state index contributed by atoms with van der Waals surface area (Å²) in [4.78, 5) is 17.8. The maximum atomic E-state index is 12.7. The third kappa shape index (κ3) is 3.16. The van der Waals surface area contributed by atoms with E-state index in [2.05, 4.69) is 11.1 Å². The van der Waals surface area contributed by atoms with Crippen LogP contribution >= 0.6 is 11.6 Å². The molecule has 1 amide bonds. The number of rotatable bonds is 4. The second-order valence-corrected chi connectivity index (χ2v) is 6.87. The Morgan fingerprint density at radius 1 is 1.23 bits per heavy atom. The maximum Gasteiger partial charge on any atom is 0.261 e. The Bertz CT molecular complexity index is 936. The number of nitrogens with one attached hydrogen (secondary N) is 1. The lowest BCUT2D eigenvalue weighted by Crippen LogP contribution is -2.48. The van der Waals surface area contributed by atoms with Crippen molar-refractivity contribution >= 4 is 28.4 Å². The zero-order chi connectivity index (χ0) is 18.1. The number of hydrogen-bond donors (Lipinski definition) is 2. The van der Waals surface area contributed by atoms with Crippen LogP contribution in [-0.2, 0) is 17.8 Å². The Labute approximate surface area is 156 Å². The van der Waals surface area contributed by atoms with Crippen LogP contribution in [0.4, 0.5) is 0 Å². The Morgan fingerprint density at radius 3 is 2.77 bits per heavy atom. The number of benzene rings is 2. The van der Waals surface area contributed by atoms with Crippen molar-refractivity contribution < 1.29 is 14.6 Å². The molecule has 134 valence electrons. The lowest BCUT2D eigenvalue weighted by atomic mass is 9.97. The number of aromatic amines is 1. The van der Waals surface area contributed by atoms with E-state index in [1.54, 1.807) is 29.2 Å². The molecule has 0 spiro atoms. The second kappa shape index (κ2) is 7.02. The number of para-hydroxylation sites is 1. The van der Waals surface area contributed by atoms with Gasteiger partial charge in [0, 0.05) is 21.6 Å². The van der Waals surface area contributed by atoms with Gasteiger partial charge in [-0.2, -0.15) is 0 Å². The first-order chi connectivity index (χ1) is 12.7. The number of aliphatic hydroxyl groups is 1. The SMILES string of the molecule is O=C(COc1ccc(Cl)cc1)N1Cc2[nH]c3ccccc3c2CC1CO. The topological polar surface area (TPSA) is 65.6 Å². The quantitative estimate of drug-likeness (QED) is 0.741. The number of carbonyl (C=O) groups is 1. The van der Waals surface area contributed by atoms with E-state index in [-0.39, 0.29) is 25.2 Å². The van der Waals surface area contributed by atoms with Gasteiger partial charge in [0.25, 0.3) is 5.91 Å². The summed E-state index contributed by atoms with van der Waals surface area (Å²) in [5.74, 6) is 0.440. The Kier molecular flexibility index (Phi) is 4.57. The predicted octanol–water partition coefficient (Wildman–Crippen LogP) is 3.15. The van der Waals surface area contributed by atoms with Crippen LogP contribution < -0.4 is 4.74 Å². The second-order valence-electron chi connectivity index (χ2n) is 6.43. The van der Waals surface area contributed by atoms with Gasteiger partial charge in [0.05, 0.1) is 19.2 Å². The Balaban J connectivity index is 1.52. The van der Waals surface area contributed by atoms with Gasteiger partial charge in [-0.1, -0.05) is 29.8 Å². The maximum absolute atomic E-state index is 12.7. The van der Waals surface area contributed by atoms with Gasteiger partial charge >= 0.3 is 0 Å². The molecule has 1 aliphatic rings. The van der Waals surface area contributed by atoms with Gasteiger partial charge in [-0.15, -0.1) is 0 Å². The molecule has 2 aromatic carbocycles. The number of aliphatic hydroxyl groups excluding tert-OH is 1. The van der Waals surface area contributed by atoms with Crippen LogP contribution in [0.1, 0.15) is 11.3 Å². The highest BCUT2D eigenvalue weighted by molar-refractivity contribution is 6.30. The summed E-state index contributed by atoms with van der Waals surface area (Å²) in [5, 5.41) is 11.6. The summed E-state index contributed by atoms with van der Waals surface area (Å²) in [7, 11) is 0. The molecule has 0 radical (unpaired) electrons. The normalized spacial score (nSPS) is 16.5. The number of amides is 1. The van der Waals surface area contributed by atoms with Crippen molar-refractivity contribution in [2.24, 2.45) is 0 Å². The summed E-state index contributed by atoms with van der Waals surface area (Å²) in [5.41, 5.74) is 3.26. The standard InChI is InChI=1S/C20H19ClN2O3/c21-13-5-7-15(8-6-13)26-12-20(25)23-10-19-17(9-14(23)11-24)16-3-1-2-4-18(16)22-19/h1-8,14,22,24H,9-12H2. The van der Waals surface area contributed by atoms with Crippen molar-refractivity contribution in [1.29, 1.82) is 0 Å². The van der Waals surface area contributed by atoms with E-state index in [4.69, 9.17) is 16.3 Å². The Hall–Kier alpha value is -2.50. The largest absolute Gasteiger partial charge is 0.484 e. The molecule has 0 saturated heterocycles. The summed E-state index contributed by atoms with van der Waals surface area (Å²) >= 11 is 5.85. The molecule has 2 N–H and O–H groups in total. The number of hydrogen-bond acceptors (Lipinski definition) is 3. The van der Waals surface area contributed by atoms with E-state index < -0.39 is 0 Å². The molecule has 2 heterocycles. The van der Waals surface area contributed by atoms with Crippen molar-refractivity contribution in [3.8, 4) is 5.75 Å². The number of nitrogens with zero attached hydrogens (tertiary/aromatic N) is 1. The highest BCUT2D eigenvalue weighted by Gasteiger charge is 2.31. The van der Waals surface area contributed by atoms with E-state index >= 15 is 0 Å². The number of H-pyrrole nitrogens is 1. The molecule has 0 bridgehead atoms. The van der Waals surface area contributed by atoms with Gasteiger partial charge in [0.2, 0.25) is 0 Å². The third-order valence-electron chi connectivity index (χ3n) is 4.82. The van der Waals surface area contributed by atoms with Crippen LogP contribution in [0.15, 0.2) is 48.5 Å². The van der Waals surface area contributed by atoms with Crippen molar-refractivity contribution in [2.45, 2.75) is 19.0 Å². The number of fused-ring (bicyclic) bond motifs is 3. The highest BCUT2D eigenvalue weighted by Crippen LogP contribution is 2.30. The first kappa shape index (κ1) is 16.9. The van der Waals surface area contributed by atoms with Crippen molar-refractivity contribution in [2.75, 3.05) is 13.2 Å². The minimum absolute atomic E-state index is 0.0757. The first-order valence-electron chi connectivity index (χ1n) is 8.53. The number of halogens is 1. The Morgan fingerprint density at radius 2 is 2.00 bits per heavy atom. The van der Waals surface area contributed by atoms with Gasteiger partial charge in [-0.05, 0) is 42.3 Å². The lowest BCUT2D eigenvalue weighted by Gasteiger charge is -2.34. The average molecular weight is 371 g/mol. The van der Waals surface area contributed by atoms with Crippen LogP contribution in [0.2, 0.25) is 5.02 Å². The molecule has 0 saturated carbocycles. The van der Waals surface area contributed by atoms with E-state index in [0.717, 1.165) is 16.6 Å². The lowest BCUT2D eigenvalue weighted by molar-refractivity contribution is -0.138. The number of carbonyl (C=O) groups excluding carboxylic acids is 1. The van der Waals surface area contributed by atoms with Crippen molar-refractivity contribution in [3.63, 3.8) is 0 Å². The molecule has 6 heteroatoms.